The summed E-state index contributed by atoms with van der Waals surface area (Å²) in [6, 6.07) is 1.73. The van der Waals surface area contributed by atoms with Crippen LogP contribution in [0.25, 0.3) is 0 Å². The van der Waals surface area contributed by atoms with Gasteiger partial charge in [-0.1, -0.05) is 0 Å². The molecule has 0 aliphatic carbocycles. The lowest BCUT2D eigenvalue weighted by Gasteiger charge is -2.08. The average molecular weight is 341 g/mol. The molecule has 0 bridgehead atoms. The van der Waals surface area contributed by atoms with Gasteiger partial charge in [0, 0.05) is 7.11 Å². The van der Waals surface area contributed by atoms with Crippen LogP contribution in [0.3, 0.4) is 0 Å². The number of nitrogens with zero attached hydrogens (tertiary/aromatic N) is 1. The molecule has 0 unspecified atom stereocenters. The normalized spacial score (nSPS) is 10.6. The molecule has 0 spiro atoms. The Hall–Kier alpha value is -0.170. The van der Waals surface area contributed by atoms with E-state index in [0.717, 1.165) is 15.4 Å². The molecule has 0 amide bonds. The molecule has 15 heavy (non-hydrogen) atoms. The van der Waals surface area contributed by atoms with Crippen molar-refractivity contribution in [2.75, 3.05) is 20.3 Å². The summed E-state index contributed by atoms with van der Waals surface area (Å²) in [5.74, 6) is 0. The number of hydrogen-bond acceptors (Lipinski definition) is 3. The minimum Gasteiger partial charge on any atom is -0.382 e. The van der Waals surface area contributed by atoms with E-state index in [2.05, 4.69) is 31.9 Å². The van der Waals surface area contributed by atoms with E-state index in [0.29, 0.717) is 25.6 Å². The maximum absolute atomic E-state index is 10.7. The highest BCUT2D eigenvalue weighted by atomic mass is 79.9. The van der Waals surface area contributed by atoms with Gasteiger partial charge in [0.15, 0.2) is 6.29 Å². The SMILES string of the molecule is COCCOCn1c(C=O)cc(Br)c1Br. The maximum atomic E-state index is 10.7. The first kappa shape index (κ1) is 12.9. The Bertz CT molecular complexity index is 338. The zero-order chi connectivity index (χ0) is 11.3. The van der Waals surface area contributed by atoms with E-state index in [-0.39, 0.29) is 0 Å². The summed E-state index contributed by atoms with van der Waals surface area (Å²) in [6.07, 6.45) is 0.787. The number of hydrogen-bond donors (Lipinski definition) is 0. The Kier molecular flexibility index (Phi) is 5.52. The molecule has 1 aromatic rings. The number of halogens is 2. The van der Waals surface area contributed by atoms with Gasteiger partial charge in [-0.15, -0.1) is 0 Å². The summed E-state index contributed by atoms with van der Waals surface area (Å²) < 4.78 is 13.5. The van der Waals surface area contributed by atoms with Crippen LogP contribution in [0.2, 0.25) is 0 Å². The van der Waals surface area contributed by atoms with E-state index in [4.69, 9.17) is 9.47 Å². The summed E-state index contributed by atoms with van der Waals surface area (Å²) >= 11 is 6.68. The van der Waals surface area contributed by atoms with Crippen molar-refractivity contribution in [3.63, 3.8) is 0 Å². The zero-order valence-corrected chi connectivity index (χ0v) is 11.4. The predicted molar refractivity (Wildman–Crippen MR) is 63.0 cm³/mol. The van der Waals surface area contributed by atoms with Crippen LogP contribution in [0.4, 0.5) is 0 Å². The van der Waals surface area contributed by atoms with Gasteiger partial charge in [-0.25, -0.2) is 0 Å². The highest BCUT2D eigenvalue weighted by Crippen LogP contribution is 2.26. The quantitative estimate of drug-likeness (QED) is 0.590. The van der Waals surface area contributed by atoms with Gasteiger partial charge in [0.05, 0.1) is 23.4 Å². The van der Waals surface area contributed by atoms with Gasteiger partial charge in [-0.05, 0) is 37.9 Å². The van der Waals surface area contributed by atoms with Crippen LogP contribution >= 0.6 is 31.9 Å². The second kappa shape index (κ2) is 6.42. The number of carbonyl (C=O) groups excluding carboxylic acids is 1. The van der Waals surface area contributed by atoms with Crippen LogP contribution in [0.15, 0.2) is 15.1 Å². The van der Waals surface area contributed by atoms with Gasteiger partial charge in [-0.3, -0.25) is 4.79 Å². The summed E-state index contributed by atoms with van der Waals surface area (Å²) in [5, 5.41) is 0. The van der Waals surface area contributed by atoms with Crippen LogP contribution in [-0.2, 0) is 16.2 Å². The number of ether oxygens (including phenoxy) is 2. The minimum absolute atomic E-state index is 0.323. The minimum atomic E-state index is 0.323. The van der Waals surface area contributed by atoms with Crippen LogP contribution in [-0.4, -0.2) is 31.2 Å². The molecule has 0 N–H and O–H groups in total. The monoisotopic (exact) mass is 339 g/mol. The number of aldehydes is 1. The number of methoxy groups -OCH3 is 1. The molecule has 0 atom stereocenters. The Morgan fingerprint density at radius 1 is 1.47 bits per heavy atom. The number of aromatic nitrogens is 1. The highest BCUT2D eigenvalue weighted by molar-refractivity contribution is 9.13. The molecule has 0 aromatic carbocycles. The first-order valence-electron chi connectivity index (χ1n) is 4.27. The lowest BCUT2D eigenvalue weighted by Crippen LogP contribution is -2.09. The van der Waals surface area contributed by atoms with Crippen molar-refractivity contribution < 1.29 is 14.3 Å². The molecule has 0 radical (unpaired) electrons. The first-order valence-corrected chi connectivity index (χ1v) is 5.85. The van der Waals surface area contributed by atoms with Crippen LogP contribution in [0, 0.1) is 0 Å². The van der Waals surface area contributed by atoms with Gasteiger partial charge in [0.2, 0.25) is 0 Å². The third-order valence-corrected chi connectivity index (χ3v) is 3.79. The van der Waals surface area contributed by atoms with Crippen molar-refractivity contribution in [3.05, 3.63) is 20.8 Å². The van der Waals surface area contributed by atoms with Gasteiger partial charge >= 0.3 is 0 Å². The van der Waals surface area contributed by atoms with E-state index < -0.39 is 0 Å². The van der Waals surface area contributed by atoms with E-state index in [9.17, 15) is 4.79 Å². The third-order valence-electron chi connectivity index (χ3n) is 1.79. The molecule has 1 aromatic heterocycles. The third kappa shape index (κ3) is 3.41. The summed E-state index contributed by atoms with van der Waals surface area (Å²) in [5.41, 5.74) is 0.561. The first-order chi connectivity index (χ1) is 7.20. The molecule has 1 rings (SSSR count). The van der Waals surface area contributed by atoms with Gasteiger partial charge in [0.1, 0.15) is 11.3 Å². The molecule has 84 valence electrons. The highest BCUT2D eigenvalue weighted by Gasteiger charge is 2.10. The fourth-order valence-corrected chi connectivity index (χ4v) is 1.91. The second-order valence-corrected chi connectivity index (χ2v) is 4.39. The Balaban J connectivity index is 2.62. The molecule has 0 fully saturated rings. The molecule has 0 aliphatic rings. The summed E-state index contributed by atoms with van der Waals surface area (Å²) in [6.45, 7) is 1.36. The smallest absolute Gasteiger partial charge is 0.166 e. The van der Waals surface area contributed by atoms with E-state index in [1.165, 1.54) is 0 Å². The van der Waals surface area contributed by atoms with Crippen molar-refractivity contribution in [1.82, 2.24) is 4.57 Å². The van der Waals surface area contributed by atoms with Crippen molar-refractivity contribution in [3.8, 4) is 0 Å². The van der Waals surface area contributed by atoms with E-state index >= 15 is 0 Å². The maximum Gasteiger partial charge on any atom is 0.166 e. The topological polar surface area (TPSA) is 40.5 Å². The van der Waals surface area contributed by atoms with Crippen LogP contribution < -0.4 is 0 Å². The largest absolute Gasteiger partial charge is 0.382 e. The van der Waals surface area contributed by atoms with E-state index in [1.54, 1.807) is 17.7 Å². The van der Waals surface area contributed by atoms with Crippen LogP contribution in [0.5, 0.6) is 0 Å². The van der Waals surface area contributed by atoms with Crippen molar-refractivity contribution in [1.29, 1.82) is 0 Å². The Morgan fingerprint density at radius 3 is 2.80 bits per heavy atom. The Morgan fingerprint density at radius 2 is 2.20 bits per heavy atom. The molecular weight excluding hydrogens is 330 g/mol. The van der Waals surface area contributed by atoms with E-state index in [1.807, 2.05) is 0 Å². The molecule has 4 nitrogen and oxygen atoms in total. The molecule has 1 heterocycles. The summed E-state index contributed by atoms with van der Waals surface area (Å²) in [7, 11) is 1.61. The molecular formula is C9H11Br2NO3. The molecule has 0 saturated carbocycles. The standard InChI is InChI=1S/C9H11Br2NO3/c1-14-2-3-15-6-12-7(5-13)4-8(10)9(12)11/h4-5H,2-3,6H2,1H3. The van der Waals surface area contributed by atoms with Gasteiger partial charge in [0.25, 0.3) is 0 Å². The van der Waals surface area contributed by atoms with Crippen LogP contribution in [0.1, 0.15) is 10.5 Å². The molecule has 0 saturated heterocycles. The van der Waals surface area contributed by atoms with Gasteiger partial charge in [-0.2, -0.15) is 0 Å². The lowest BCUT2D eigenvalue weighted by atomic mass is 10.5. The van der Waals surface area contributed by atoms with Crippen molar-refractivity contribution in [2.24, 2.45) is 0 Å². The summed E-state index contributed by atoms with van der Waals surface area (Å²) in [4.78, 5) is 10.7. The number of carbonyl (C=O) groups is 1. The van der Waals surface area contributed by atoms with Crippen molar-refractivity contribution >= 4 is 38.1 Å². The Labute approximate surface area is 105 Å². The molecule has 6 heteroatoms. The second-order valence-electron chi connectivity index (χ2n) is 2.78. The zero-order valence-electron chi connectivity index (χ0n) is 8.20. The molecule has 0 aliphatic heterocycles. The lowest BCUT2D eigenvalue weighted by molar-refractivity contribution is 0.0325. The van der Waals surface area contributed by atoms with Gasteiger partial charge < -0.3 is 14.0 Å². The fraction of sp³-hybridized carbons (Fsp3) is 0.444. The average Bonchev–Trinajstić information content (AvgIpc) is 2.51. The van der Waals surface area contributed by atoms with Crippen molar-refractivity contribution in [2.45, 2.75) is 6.73 Å². The predicted octanol–water partition coefficient (Wildman–Crippen LogP) is 2.45. The fourth-order valence-electron chi connectivity index (χ4n) is 1.04. The number of rotatable bonds is 6.